The Hall–Kier alpha value is -0.0300. The van der Waals surface area contributed by atoms with Crippen molar-refractivity contribution < 1.29 is 27.7 Å². The van der Waals surface area contributed by atoms with E-state index in [0.29, 0.717) is 0 Å². The van der Waals surface area contributed by atoms with Crippen molar-refractivity contribution >= 4 is 7.82 Å². The van der Waals surface area contributed by atoms with Gasteiger partial charge in [0.05, 0.1) is 7.82 Å². The van der Waals surface area contributed by atoms with Crippen LogP contribution < -0.4 is 9.79 Å². The molecule has 0 rings (SSSR count). The Labute approximate surface area is 62.4 Å². The van der Waals surface area contributed by atoms with E-state index >= 15 is 0 Å². The summed E-state index contributed by atoms with van der Waals surface area (Å²) in [4.78, 5) is 19.4. The predicted octanol–water partition coefficient (Wildman–Crippen LogP) is -0.123. The highest BCUT2D eigenvalue weighted by Crippen LogP contribution is 2.29. The van der Waals surface area contributed by atoms with Gasteiger partial charge in [0, 0.05) is 6.42 Å². The maximum absolute atomic E-state index is 12.2. The average Bonchev–Trinajstić information content (AvgIpc) is 1.83. The van der Waals surface area contributed by atoms with E-state index in [9.17, 15) is 23.1 Å². The molecule has 0 aromatic carbocycles. The van der Waals surface area contributed by atoms with Crippen molar-refractivity contribution in [1.82, 2.24) is 0 Å². The molecule has 0 aliphatic rings. The Morgan fingerprint density at radius 2 is 2.00 bits per heavy atom. The summed E-state index contributed by atoms with van der Waals surface area (Å²) in [5.74, 6) is -3.25. The highest BCUT2D eigenvalue weighted by Gasteiger charge is 2.26. The van der Waals surface area contributed by atoms with Crippen molar-refractivity contribution in [3.8, 4) is 0 Å². The van der Waals surface area contributed by atoms with Crippen LogP contribution in [0, 0.1) is 0 Å². The Balaban J connectivity index is 3.80. The molecule has 0 saturated heterocycles. The number of phosphoric ester groups is 1. The molecule has 0 bridgehead atoms. The molecule has 0 aromatic heterocycles. The SMILES string of the molecule is CCC(F)(F)COP(=O)([O-])[O-]. The third-order valence-corrected chi connectivity index (χ3v) is 1.40. The van der Waals surface area contributed by atoms with Gasteiger partial charge < -0.3 is 18.9 Å². The van der Waals surface area contributed by atoms with Gasteiger partial charge in [-0.2, -0.15) is 0 Å². The summed E-state index contributed by atoms with van der Waals surface area (Å²) in [6.45, 7) is -0.211. The lowest BCUT2D eigenvalue weighted by atomic mass is 10.3. The molecule has 0 radical (unpaired) electrons. The van der Waals surface area contributed by atoms with Crippen LogP contribution >= 0.6 is 7.82 Å². The van der Waals surface area contributed by atoms with Crippen LogP contribution in [0.4, 0.5) is 8.78 Å². The molecule has 0 heterocycles. The van der Waals surface area contributed by atoms with Gasteiger partial charge in [-0.1, -0.05) is 6.92 Å². The zero-order valence-electron chi connectivity index (χ0n) is 5.75. The van der Waals surface area contributed by atoms with Crippen LogP contribution in [-0.2, 0) is 9.09 Å². The summed E-state index contributed by atoms with van der Waals surface area (Å²) < 4.78 is 37.4. The zero-order chi connectivity index (χ0) is 9.12. The van der Waals surface area contributed by atoms with Gasteiger partial charge in [-0.25, -0.2) is 8.78 Å². The van der Waals surface area contributed by atoms with Gasteiger partial charge in [0.1, 0.15) is 6.61 Å². The van der Waals surface area contributed by atoms with Gasteiger partial charge in [-0.05, 0) is 0 Å². The van der Waals surface area contributed by atoms with E-state index in [1.54, 1.807) is 0 Å². The van der Waals surface area contributed by atoms with Gasteiger partial charge in [0.25, 0.3) is 5.92 Å². The van der Waals surface area contributed by atoms with Crippen molar-refractivity contribution in [1.29, 1.82) is 0 Å². The summed E-state index contributed by atoms with van der Waals surface area (Å²) in [6, 6.07) is 0. The summed E-state index contributed by atoms with van der Waals surface area (Å²) in [5, 5.41) is 0. The van der Waals surface area contributed by atoms with Crippen molar-refractivity contribution in [2.24, 2.45) is 0 Å². The van der Waals surface area contributed by atoms with Crippen molar-refractivity contribution in [3.05, 3.63) is 0 Å². The fraction of sp³-hybridized carbons (Fsp3) is 1.00. The fourth-order valence-electron chi connectivity index (χ4n) is 0.276. The van der Waals surface area contributed by atoms with Crippen LogP contribution in [0.2, 0.25) is 0 Å². The quantitative estimate of drug-likeness (QED) is 0.576. The molecule has 7 heteroatoms. The van der Waals surface area contributed by atoms with Crippen LogP contribution in [0.15, 0.2) is 0 Å². The fourth-order valence-corrected chi connectivity index (χ4v) is 0.623. The van der Waals surface area contributed by atoms with E-state index in [1.807, 2.05) is 0 Å². The summed E-state index contributed by atoms with van der Waals surface area (Å²) in [7, 11) is -5.26. The van der Waals surface area contributed by atoms with Gasteiger partial charge >= 0.3 is 0 Å². The lowest BCUT2D eigenvalue weighted by molar-refractivity contribution is -0.344. The molecule has 0 unspecified atom stereocenters. The summed E-state index contributed by atoms with van der Waals surface area (Å²) >= 11 is 0. The number of phosphoric acid groups is 1. The normalized spacial score (nSPS) is 13.5. The average molecular weight is 188 g/mol. The minimum absolute atomic E-state index is 0.562. The molecule has 0 saturated carbocycles. The smallest absolute Gasteiger partial charge is 0.271 e. The first-order chi connectivity index (χ1) is 4.77. The molecule has 0 aliphatic carbocycles. The van der Waals surface area contributed by atoms with Crippen molar-refractivity contribution in [2.45, 2.75) is 19.3 Å². The highest BCUT2D eigenvalue weighted by atomic mass is 31.2. The van der Waals surface area contributed by atoms with E-state index in [2.05, 4.69) is 4.52 Å². The molecular formula is C4H7F2O4P-2. The van der Waals surface area contributed by atoms with E-state index in [0.717, 1.165) is 6.92 Å². The topological polar surface area (TPSA) is 72.4 Å². The van der Waals surface area contributed by atoms with Crippen LogP contribution in [0.5, 0.6) is 0 Å². The monoisotopic (exact) mass is 188 g/mol. The minimum Gasteiger partial charge on any atom is -0.790 e. The van der Waals surface area contributed by atoms with Crippen LogP contribution in [0.25, 0.3) is 0 Å². The van der Waals surface area contributed by atoms with E-state index in [-0.39, 0.29) is 0 Å². The summed E-state index contributed by atoms with van der Waals surface area (Å²) in [5.41, 5.74) is 0. The number of hydrogen-bond acceptors (Lipinski definition) is 4. The molecule has 0 aromatic rings. The Kier molecular flexibility index (Phi) is 3.57. The van der Waals surface area contributed by atoms with Crippen molar-refractivity contribution in [2.75, 3.05) is 6.61 Å². The second kappa shape index (κ2) is 3.58. The number of alkyl halides is 2. The largest absolute Gasteiger partial charge is 0.790 e. The second-order valence-electron chi connectivity index (χ2n) is 1.93. The molecule has 0 aliphatic heterocycles. The van der Waals surface area contributed by atoms with Crippen LogP contribution in [-0.4, -0.2) is 12.5 Å². The third kappa shape index (κ3) is 6.37. The van der Waals surface area contributed by atoms with Gasteiger partial charge in [-0.15, -0.1) is 0 Å². The lowest BCUT2D eigenvalue weighted by Crippen LogP contribution is -2.26. The lowest BCUT2D eigenvalue weighted by Gasteiger charge is -2.30. The van der Waals surface area contributed by atoms with Crippen LogP contribution in [0.3, 0.4) is 0 Å². The molecular weight excluding hydrogens is 181 g/mol. The molecule has 68 valence electrons. The highest BCUT2D eigenvalue weighted by molar-refractivity contribution is 7.43. The second-order valence-corrected chi connectivity index (χ2v) is 3.08. The van der Waals surface area contributed by atoms with E-state index in [4.69, 9.17) is 0 Å². The number of hydrogen-bond donors (Lipinski definition) is 0. The Morgan fingerprint density at radius 1 is 1.55 bits per heavy atom. The van der Waals surface area contributed by atoms with Gasteiger partial charge in [-0.3, -0.25) is 0 Å². The summed E-state index contributed by atoms with van der Waals surface area (Å²) in [6.07, 6.45) is -0.562. The van der Waals surface area contributed by atoms with Crippen LogP contribution in [0.1, 0.15) is 13.3 Å². The molecule has 11 heavy (non-hydrogen) atoms. The molecule has 0 amide bonds. The molecule has 0 spiro atoms. The first-order valence-electron chi connectivity index (χ1n) is 2.81. The predicted molar refractivity (Wildman–Crippen MR) is 28.8 cm³/mol. The maximum atomic E-state index is 12.2. The standard InChI is InChI=1S/C4H9F2O4P/c1-2-4(5,6)3-10-11(7,8)9/h2-3H2,1H3,(H2,7,8,9)/p-2. The van der Waals surface area contributed by atoms with E-state index in [1.165, 1.54) is 0 Å². The van der Waals surface area contributed by atoms with E-state index < -0.39 is 26.8 Å². The van der Waals surface area contributed by atoms with Gasteiger partial charge in [0.15, 0.2) is 0 Å². The molecule has 0 N–H and O–H groups in total. The molecule has 0 atom stereocenters. The first-order valence-corrected chi connectivity index (χ1v) is 4.27. The van der Waals surface area contributed by atoms with Gasteiger partial charge in [0.2, 0.25) is 0 Å². The maximum Gasteiger partial charge on any atom is 0.271 e. The molecule has 0 fully saturated rings. The first kappa shape index (κ1) is 11.0. The Morgan fingerprint density at radius 3 is 2.27 bits per heavy atom. The third-order valence-electron chi connectivity index (χ3n) is 0.951. The Bertz CT molecular complexity index is 165. The number of halogens is 2. The minimum atomic E-state index is -5.26. The molecule has 4 nitrogen and oxygen atoms in total. The number of rotatable bonds is 4. The zero-order valence-corrected chi connectivity index (χ0v) is 6.64. The van der Waals surface area contributed by atoms with Crippen molar-refractivity contribution in [3.63, 3.8) is 0 Å².